The molecular formula is C20H29FN6OS. The summed E-state index contributed by atoms with van der Waals surface area (Å²) >= 11 is 1.47. The highest BCUT2D eigenvalue weighted by atomic mass is 32.1. The normalized spacial score (nSPS) is 16.2. The first-order chi connectivity index (χ1) is 14.1. The molecular weight excluding hydrogens is 391 g/mol. The van der Waals surface area contributed by atoms with E-state index in [2.05, 4.69) is 38.3 Å². The average molecular weight is 421 g/mol. The van der Waals surface area contributed by atoms with Crippen molar-refractivity contribution in [3.05, 3.63) is 41.5 Å². The topological polar surface area (TPSA) is 65.9 Å². The first-order valence-corrected chi connectivity index (χ1v) is 10.8. The van der Waals surface area contributed by atoms with Gasteiger partial charge in [-0.2, -0.15) is 4.37 Å². The standard InChI is InChI=1S/C20H29FN6OS/c1-4-18-24-20(29-25-18)27-12-10-26(11-13-27)19(22-5-2)23-14-17(28-3)15-6-8-16(21)9-7-15/h6-9,17H,4-5,10-14H2,1-3H3,(H,22,23). The zero-order chi connectivity index (χ0) is 20.6. The van der Waals surface area contributed by atoms with E-state index in [1.165, 1.54) is 23.7 Å². The molecule has 1 aliphatic heterocycles. The second kappa shape index (κ2) is 10.5. The lowest BCUT2D eigenvalue weighted by Crippen LogP contribution is -2.52. The van der Waals surface area contributed by atoms with Crippen LogP contribution in [-0.4, -0.2) is 66.6 Å². The fourth-order valence-electron chi connectivity index (χ4n) is 3.21. The third kappa shape index (κ3) is 5.63. The second-order valence-corrected chi connectivity index (χ2v) is 7.52. The fourth-order valence-corrected chi connectivity index (χ4v) is 4.02. The molecule has 29 heavy (non-hydrogen) atoms. The van der Waals surface area contributed by atoms with Crippen LogP contribution in [0.15, 0.2) is 29.3 Å². The largest absolute Gasteiger partial charge is 0.375 e. The second-order valence-electron chi connectivity index (χ2n) is 6.79. The summed E-state index contributed by atoms with van der Waals surface area (Å²) in [6.45, 7) is 8.89. The van der Waals surface area contributed by atoms with Crippen LogP contribution in [0.25, 0.3) is 0 Å². The van der Waals surface area contributed by atoms with E-state index in [0.29, 0.717) is 6.54 Å². The van der Waals surface area contributed by atoms with Crippen molar-refractivity contribution < 1.29 is 9.13 Å². The van der Waals surface area contributed by atoms with Gasteiger partial charge in [-0.25, -0.2) is 9.37 Å². The van der Waals surface area contributed by atoms with Gasteiger partial charge in [0.2, 0.25) is 5.13 Å². The van der Waals surface area contributed by atoms with Crippen LogP contribution in [0, 0.1) is 5.82 Å². The quantitative estimate of drug-likeness (QED) is 0.549. The van der Waals surface area contributed by atoms with Crippen molar-refractivity contribution in [1.29, 1.82) is 0 Å². The van der Waals surface area contributed by atoms with Gasteiger partial charge >= 0.3 is 0 Å². The van der Waals surface area contributed by atoms with Crippen molar-refractivity contribution in [2.75, 3.05) is 51.3 Å². The molecule has 1 aromatic heterocycles. The van der Waals surface area contributed by atoms with Gasteiger partial charge < -0.3 is 19.9 Å². The van der Waals surface area contributed by atoms with Gasteiger partial charge in [-0.3, -0.25) is 4.99 Å². The van der Waals surface area contributed by atoms with Crippen LogP contribution in [0.3, 0.4) is 0 Å². The van der Waals surface area contributed by atoms with Crippen LogP contribution in [0.2, 0.25) is 0 Å². The molecule has 2 aromatic rings. The summed E-state index contributed by atoms with van der Waals surface area (Å²) in [5.74, 6) is 1.54. The molecule has 7 nitrogen and oxygen atoms in total. The average Bonchev–Trinajstić information content (AvgIpc) is 3.24. The molecule has 1 atom stereocenters. The molecule has 158 valence electrons. The van der Waals surface area contributed by atoms with Gasteiger partial charge in [0, 0.05) is 57.8 Å². The summed E-state index contributed by atoms with van der Waals surface area (Å²) in [4.78, 5) is 13.9. The van der Waals surface area contributed by atoms with Crippen LogP contribution in [0.4, 0.5) is 9.52 Å². The van der Waals surface area contributed by atoms with E-state index in [4.69, 9.17) is 9.73 Å². The summed E-state index contributed by atoms with van der Waals surface area (Å²) < 4.78 is 23.2. The Labute approximate surface area is 175 Å². The number of hydrogen-bond donors (Lipinski definition) is 1. The summed E-state index contributed by atoms with van der Waals surface area (Å²) in [6.07, 6.45) is 0.655. The molecule has 1 N–H and O–H groups in total. The summed E-state index contributed by atoms with van der Waals surface area (Å²) in [6, 6.07) is 6.40. The van der Waals surface area contributed by atoms with Crippen LogP contribution in [0.1, 0.15) is 31.3 Å². The van der Waals surface area contributed by atoms with Crippen molar-refractivity contribution >= 4 is 22.6 Å². The van der Waals surface area contributed by atoms with E-state index in [1.54, 1.807) is 19.2 Å². The van der Waals surface area contributed by atoms with Gasteiger partial charge in [-0.05, 0) is 24.6 Å². The van der Waals surface area contributed by atoms with E-state index in [9.17, 15) is 4.39 Å². The van der Waals surface area contributed by atoms with Crippen molar-refractivity contribution in [3.63, 3.8) is 0 Å². The molecule has 2 heterocycles. The Balaban J connectivity index is 1.62. The minimum absolute atomic E-state index is 0.209. The number of aryl methyl sites for hydroxylation is 1. The van der Waals surface area contributed by atoms with Crippen LogP contribution in [0.5, 0.6) is 0 Å². The summed E-state index contributed by atoms with van der Waals surface area (Å²) in [7, 11) is 1.65. The Morgan fingerprint density at radius 2 is 1.97 bits per heavy atom. The van der Waals surface area contributed by atoms with Gasteiger partial charge in [0.25, 0.3) is 0 Å². The molecule has 0 amide bonds. The van der Waals surface area contributed by atoms with Gasteiger partial charge in [0.1, 0.15) is 17.7 Å². The van der Waals surface area contributed by atoms with E-state index in [-0.39, 0.29) is 11.9 Å². The number of halogens is 1. The van der Waals surface area contributed by atoms with Crippen molar-refractivity contribution in [1.82, 2.24) is 19.6 Å². The number of piperazine rings is 1. The lowest BCUT2D eigenvalue weighted by Gasteiger charge is -2.36. The number of rotatable bonds is 7. The number of anilines is 1. The highest BCUT2D eigenvalue weighted by molar-refractivity contribution is 7.09. The number of guanidine groups is 1. The number of ether oxygens (including phenoxy) is 1. The van der Waals surface area contributed by atoms with Gasteiger partial charge in [-0.15, -0.1) is 0 Å². The van der Waals surface area contributed by atoms with Crippen molar-refractivity contribution in [2.24, 2.45) is 4.99 Å². The van der Waals surface area contributed by atoms with E-state index < -0.39 is 0 Å². The van der Waals surface area contributed by atoms with Crippen LogP contribution in [-0.2, 0) is 11.2 Å². The predicted molar refractivity (Wildman–Crippen MR) is 115 cm³/mol. The molecule has 0 radical (unpaired) electrons. The molecule has 3 rings (SSSR count). The molecule has 0 aliphatic carbocycles. The van der Waals surface area contributed by atoms with Crippen LogP contribution < -0.4 is 10.2 Å². The third-order valence-electron chi connectivity index (χ3n) is 4.89. The number of hydrogen-bond acceptors (Lipinski definition) is 6. The number of nitrogens with one attached hydrogen (secondary N) is 1. The molecule has 1 aliphatic rings. The number of benzene rings is 1. The number of aliphatic imine (C=N–C) groups is 1. The molecule has 0 spiro atoms. The molecule has 1 unspecified atom stereocenters. The highest BCUT2D eigenvalue weighted by Gasteiger charge is 2.22. The Kier molecular flexibility index (Phi) is 7.76. The van der Waals surface area contributed by atoms with Gasteiger partial charge in [0.05, 0.1) is 6.54 Å². The van der Waals surface area contributed by atoms with E-state index in [1.807, 2.05) is 0 Å². The zero-order valence-electron chi connectivity index (χ0n) is 17.3. The first kappa shape index (κ1) is 21.4. The zero-order valence-corrected chi connectivity index (χ0v) is 18.1. The molecule has 9 heteroatoms. The van der Waals surface area contributed by atoms with Gasteiger partial charge in [-0.1, -0.05) is 19.1 Å². The molecule has 0 saturated carbocycles. The maximum Gasteiger partial charge on any atom is 0.205 e. The highest BCUT2D eigenvalue weighted by Crippen LogP contribution is 2.20. The lowest BCUT2D eigenvalue weighted by atomic mass is 10.1. The smallest absolute Gasteiger partial charge is 0.205 e. The summed E-state index contributed by atoms with van der Waals surface area (Å²) in [5.41, 5.74) is 0.918. The van der Waals surface area contributed by atoms with Crippen molar-refractivity contribution in [3.8, 4) is 0 Å². The Bertz CT molecular complexity index is 789. The molecule has 0 bridgehead atoms. The maximum absolute atomic E-state index is 13.2. The maximum atomic E-state index is 13.2. The number of aromatic nitrogens is 2. The SMILES string of the molecule is CCNC(=NCC(OC)c1ccc(F)cc1)N1CCN(c2nc(CC)ns2)CC1. The third-order valence-corrected chi connectivity index (χ3v) is 5.71. The molecule has 1 aromatic carbocycles. The lowest BCUT2D eigenvalue weighted by molar-refractivity contribution is 0.110. The number of methoxy groups -OCH3 is 1. The van der Waals surface area contributed by atoms with E-state index >= 15 is 0 Å². The Morgan fingerprint density at radius 1 is 1.24 bits per heavy atom. The first-order valence-electron chi connectivity index (χ1n) is 10.0. The minimum Gasteiger partial charge on any atom is -0.375 e. The van der Waals surface area contributed by atoms with Crippen molar-refractivity contribution in [2.45, 2.75) is 26.4 Å². The minimum atomic E-state index is -0.250. The van der Waals surface area contributed by atoms with Crippen LogP contribution >= 0.6 is 11.5 Å². The molecule has 1 saturated heterocycles. The Hall–Kier alpha value is -2.26. The fraction of sp³-hybridized carbons (Fsp3) is 0.550. The van der Waals surface area contributed by atoms with E-state index in [0.717, 1.165) is 61.6 Å². The predicted octanol–water partition coefficient (Wildman–Crippen LogP) is 2.71. The Morgan fingerprint density at radius 3 is 2.55 bits per heavy atom. The molecule has 1 fully saturated rings. The van der Waals surface area contributed by atoms with Gasteiger partial charge in [0.15, 0.2) is 5.96 Å². The number of nitrogens with zero attached hydrogens (tertiary/aromatic N) is 5. The monoisotopic (exact) mass is 420 g/mol. The summed E-state index contributed by atoms with van der Waals surface area (Å²) in [5, 5.41) is 4.38.